The maximum atomic E-state index is 13.0. The average molecular weight is 412 g/mol. The van der Waals surface area contributed by atoms with Crippen molar-refractivity contribution in [3.8, 4) is 0 Å². The monoisotopic (exact) mass is 411 g/mol. The van der Waals surface area contributed by atoms with E-state index < -0.39 is 10.0 Å². The summed E-state index contributed by atoms with van der Waals surface area (Å²) in [5.41, 5.74) is 4.62. The summed E-state index contributed by atoms with van der Waals surface area (Å²) in [7, 11) is -1.99. The summed E-state index contributed by atoms with van der Waals surface area (Å²) in [5.74, 6) is -0.0312. The van der Waals surface area contributed by atoms with Crippen molar-refractivity contribution in [2.75, 3.05) is 7.05 Å². The van der Waals surface area contributed by atoms with Crippen molar-refractivity contribution in [1.29, 1.82) is 0 Å². The summed E-state index contributed by atoms with van der Waals surface area (Å²) in [5, 5.41) is 6.20. The van der Waals surface area contributed by atoms with Gasteiger partial charge in [0.15, 0.2) is 0 Å². The van der Waals surface area contributed by atoms with Crippen LogP contribution in [0.1, 0.15) is 35.3 Å². The van der Waals surface area contributed by atoms with Gasteiger partial charge in [0.25, 0.3) is 0 Å². The van der Waals surface area contributed by atoms with Gasteiger partial charge < -0.3 is 4.90 Å². The Hall–Kier alpha value is -2.77. The molecule has 1 atom stereocenters. The normalized spacial score (nSPS) is 12.7. The van der Waals surface area contributed by atoms with Gasteiger partial charge in [-0.1, -0.05) is 30.3 Å². The number of carbonyl (C=O) groups is 1. The van der Waals surface area contributed by atoms with E-state index >= 15 is 0 Å². The van der Waals surface area contributed by atoms with E-state index in [1.807, 2.05) is 45.0 Å². The Bertz CT molecular complexity index is 1170. The molecule has 3 aromatic rings. The molecule has 7 heteroatoms. The minimum absolute atomic E-state index is 0.0312. The fourth-order valence-electron chi connectivity index (χ4n) is 3.48. The van der Waals surface area contributed by atoms with Crippen LogP contribution in [0.3, 0.4) is 0 Å². The summed E-state index contributed by atoms with van der Waals surface area (Å²) in [6.07, 6.45) is 0.256. The van der Waals surface area contributed by atoms with Crippen molar-refractivity contribution < 1.29 is 13.2 Å². The molecule has 0 aliphatic heterocycles. The number of aromatic nitrogens is 1. The zero-order chi connectivity index (χ0) is 21.3. The van der Waals surface area contributed by atoms with Gasteiger partial charge >= 0.3 is 0 Å². The number of sulfonamides is 1. The van der Waals surface area contributed by atoms with Crippen LogP contribution in [0.5, 0.6) is 0 Å². The lowest BCUT2D eigenvalue weighted by Crippen LogP contribution is -2.31. The van der Waals surface area contributed by atoms with Gasteiger partial charge in [0.1, 0.15) is 0 Å². The molecule has 6 nitrogen and oxygen atoms in total. The number of amides is 1. The van der Waals surface area contributed by atoms with Gasteiger partial charge in [-0.3, -0.25) is 9.78 Å². The summed E-state index contributed by atoms with van der Waals surface area (Å²) in [6, 6.07) is 14.0. The van der Waals surface area contributed by atoms with Crippen molar-refractivity contribution in [1.82, 2.24) is 9.88 Å². The van der Waals surface area contributed by atoms with E-state index in [9.17, 15) is 13.2 Å². The topological polar surface area (TPSA) is 93.4 Å². The van der Waals surface area contributed by atoms with Crippen LogP contribution in [-0.4, -0.2) is 31.3 Å². The van der Waals surface area contributed by atoms with E-state index in [0.717, 1.165) is 33.3 Å². The van der Waals surface area contributed by atoms with Crippen LogP contribution in [0.2, 0.25) is 0 Å². The van der Waals surface area contributed by atoms with Crippen molar-refractivity contribution in [2.24, 2.45) is 5.14 Å². The number of nitrogens with zero attached hydrogens (tertiary/aromatic N) is 2. The molecule has 29 heavy (non-hydrogen) atoms. The van der Waals surface area contributed by atoms with Gasteiger partial charge in [-0.2, -0.15) is 0 Å². The molecule has 2 N–H and O–H groups in total. The largest absolute Gasteiger partial charge is 0.339 e. The summed E-state index contributed by atoms with van der Waals surface area (Å²) >= 11 is 0. The highest BCUT2D eigenvalue weighted by molar-refractivity contribution is 7.89. The Morgan fingerprint density at radius 1 is 1.10 bits per heavy atom. The van der Waals surface area contributed by atoms with Crippen LogP contribution in [0.4, 0.5) is 0 Å². The molecule has 2 aromatic carbocycles. The van der Waals surface area contributed by atoms with E-state index in [1.165, 1.54) is 12.1 Å². The first kappa shape index (κ1) is 21.0. The van der Waals surface area contributed by atoms with E-state index in [4.69, 9.17) is 5.14 Å². The molecule has 0 bridgehead atoms. The smallest absolute Gasteiger partial charge is 0.238 e. The third-order valence-corrected chi connectivity index (χ3v) is 6.41. The highest BCUT2D eigenvalue weighted by atomic mass is 32.2. The van der Waals surface area contributed by atoms with Crippen LogP contribution in [0, 0.1) is 13.8 Å². The Labute approximate surface area is 171 Å². The zero-order valence-corrected chi connectivity index (χ0v) is 17.8. The third kappa shape index (κ3) is 4.31. The number of rotatable bonds is 5. The number of para-hydroxylation sites is 1. The summed E-state index contributed by atoms with van der Waals surface area (Å²) in [6.45, 7) is 5.86. The lowest BCUT2D eigenvalue weighted by molar-refractivity contribution is -0.131. The number of nitrogens with two attached hydrogens (primary N) is 1. The number of hydrogen-bond donors (Lipinski definition) is 1. The predicted molar refractivity (Wildman–Crippen MR) is 114 cm³/mol. The quantitative estimate of drug-likeness (QED) is 0.697. The molecule has 1 heterocycles. The first-order chi connectivity index (χ1) is 13.6. The molecule has 0 saturated heterocycles. The number of hydrogen-bond acceptors (Lipinski definition) is 4. The van der Waals surface area contributed by atoms with Crippen LogP contribution < -0.4 is 5.14 Å². The predicted octanol–water partition coefficient (Wildman–Crippen LogP) is 3.26. The van der Waals surface area contributed by atoms with E-state index in [0.29, 0.717) is 0 Å². The number of likely N-dealkylation sites (N-methyl/N-ethyl adjacent to an activating group) is 1. The molecule has 3 rings (SSSR count). The number of fused-ring (bicyclic) bond motifs is 1. The molecule has 0 unspecified atom stereocenters. The first-order valence-electron chi connectivity index (χ1n) is 9.33. The zero-order valence-electron chi connectivity index (χ0n) is 17.0. The van der Waals surface area contributed by atoms with Crippen molar-refractivity contribution in [3.05, 3.63) is 70.9 Å². The van der Waals surface area contributed by atoms with Gasteiger partial charge in [0.2, 0.25) is 15.9 Å². The fraction of sp³-hybridized carbons (Fsp3) is 0.273. The van der Waals surface area contributed by atoms with Gasteiger partial charge in [-0.05, 0) is 55.7 Å². The van der Waals surface area contributed by atoms with Crippen LogP contribution in [-0.2, 0) is 21.2 Å². The van der Waals surface area contributed by atoms with E-state index in [-0.39, 0.29) is 23.3 Å². The highest BCUT2D eigenvalue weighted by Crippen LogP contribution is 2.25. The number of aryl methyl sites for hydroxylation is 2. The standard InChI is InChI=1S/C22H25N3O3S/c1-14-19-7-5-6-8-21(19)24-15(2)20(14)13-22(26)25(4)16(3)17-9-11-18(12-10-17)29(23,27)28/h5-12,16H,13H2,1-4H3,(H2,23,27,28)/t16-/m1/s1. The second-order valence-corrected chi connectivity index (χ2v) is 8.85. The molecule has 0 spiro atoms. The highest BCUT2D eigenvalue weighted by Gasteiger charge is 2.21. The average Bonchev–Trinajstić information content (AvgIpc) is 2.69. The Balaban J connectivity index is 1.83. The Morgan fingerprint density at radius 2 is 1.72 bits per heavy atom. The minimum Gasteiger partial charge on any atom is -0.339 e. The molecular formula is C22H25N3O3S. The second kappa shape index (κ2) is 7.93. The van der Waals surface area contributed by atoms with E-state index in [1.54, 1.807) is 24.1 Å². The third-order valence-electron chi connectivity index (χ3n) is 5.48. The number of benzene rings is 2. The number of primary sulfonamides is 1. The van der Waals surface area contributed by atoms with Crippen molar-refractivity contribution in [3.63, 3.8) is 0 Å². The molecule has 0 saturated carbocycles. The SMILES string of the molecule is Cc1nc2ccccc2c(C)c1CC(=O)N(C)[C@H](C)c1ccc(S(N)(=O)=O)cc1. The Morgan fingerprint density at radius 3 is 2.34 bits per heavy atom. The summed E-state index contributed by atoms with van der Waals surface area (Å²) < 4.78 is 22.8. The van der Waals surface area contributed by atoms with Crippen LogP contribution in [0.25, 0.3) is 10.9 Å². The van der Waals surface area contributed by atoms with Gasteiger partial charge in [-0.25, -0.2) is 13.6 Å². The molecule has 0 fully saturated rings. The molecule has 1 aromatic heterocycles. The van der Waals surface area contributed by atoms with E-state index in [2.05, 4.69) is 4.98 Å². The lowest BCUT2D eigenvalue weighted by atomic mass is 9.98. The first-order valence-corrected chi connectivity index (χ1v) is 10.9. The maximum absolute atomic E-state index is 13.0. The van der Waals surface area contributed by atoms with Crippen LogP contribution in [0.15, 0.2) is 53.4 Å². The lowest BCUT2D eigenvalue weighted by Gasteiger charge is -2.26. The minimum atomic E-state index is -3.74. The number of carbonyl (C=O) groups excluding carboxylic acids is 1. The van der Waals surface area contributed by atoms with Gasteiger partial charge in [0, 0.05) is 18.1 Å². The number of pyridine rings is 1. The van der Waals surface area contributed by atoms with Crippen molar-refractivity contribution >= 4 is 26.8 Å². The second-order valence-electron chi connectivity index (χ2n) is 7.29. The fourth-order valence-corrected chi connectivity index (χ4v) is 4.00. The Kier molecular flexibility index (Phi) is 5.73. The van der Waals surface area contributed by atoms with Gasteiger partial charge in [-0.15, -0.1) is 0 Å². The molecule has 1 amide bonds. The molecular weight excluding hydrogens is 386 g/mol. The molecule has 0 radical (unpaired) electrons. The van der Waals surface area contributed by atoms with Crippen molar-refractivity contribution in [2.45, 2.75) is 38.1 Å². The molecule has 0 aliphatic carbocycles. The van der Waals surface area contributed by atoms with Gasteiger partial charge in [0.05, 0.1) is 22.9 Å². The summed E-state index contributed by atoms with van der Waals surface area (Å²) in [4.78, 5) is 19.3. The maximum Gasteiger partial charge on any atom is 0.238 e. The molecule has 152 valence electrons. The van der Waals surface area contributed by atoms with Crippen LogP contribution >= 0.6 is 0 Å². The molecule has 0 aliphatic rings.